The molecule has 0 aliphatic carbocycles. The molecule has 0 radical (unpaired) electrons. The van der Waals surface area contributed by atoms with Crippen molar-refractivity contribution in [1.29, 1.82) is 0 Å². The van der Waals surface area contributed by atoms with Gasteiger partial charge in [0.25, 0.3) is 0 Å². The number of hydrogen-bond donors (Lipinski definition) is 1. The molecule has 0 fully saturated rings. The van der Waals surface area contributed by atoms with Crippen LogP contribution in [0.25, 0.3) is 0 Å². The lowest BCUT2D eigenvalue weighted by Crippen LogP contribution is -2.21. The number of aliphatic hydroxyl groups excluding tert-OH is 1. The lowest BCUT2D eigenvalue weighted by molar-refractivity contribution is 0.273. The van der Waals surface area contributed by atoms with Crippen molar-refractivity contribution >= 4 is 11.3 Å². The number of rotatable bonds is 6. The van der Waals surface area contributed by atoms with E-state index in [1.165, 1.54) is 10.4 Å². The van der Waals surface area contributed by atoms with Gasteiger partial charge in [-0.15, -0.1) is 11.3 Å². The Hall–Kier alpha value is -1.16. The van der Waals surface area contributed by atoms with Crippen molar-refractivity contribution in [3.8, 4) is 0 Å². The van der Waals surface area contributed by atoms with Crippen LogP contribution in [0.4, 0.5) is 0 Å². The largest absolute Gasteiger partial charge is 0.392 e. The van der Waals surface area contributed by atoms with Gasteiger partial charge in [0.05, 0.1) is 6.61 Å². The van der Waals surface area contributed by atoms with Gasteiger partial charge in [0, 0.05) is 18.0 Å². The smallest absolute Gasteiger partial charge is 0.0681 e. The fourth-order valence-electron chi connectivity index (χ4n) is 1.91. The summed E-state index contributed by atoms with van der Waals surface area (Å²) in [5, 5.41) is 11.1. The topological polar surface area (TPSA) is 23.5 Å². The highest BCUT2D eigenvalue weighted by atomic mass is 32.1. The molecule has 2 nitrogen and oxygen atoms in total. The molecule has 0 saturated heterocycles. The van der Waals surface area contributed by atoms with Gasteiger partial charge >= 0.3 is 0 Å². The summed E-state index contributed by atoms with van der Waals surface area (Å²) in [5.41, 5.74) is 2.27. The summed E-state index contributed by atoms with van der Waals surface area (Å²) < 4.78 is 0. The number of thiophene rings is 1. The quantitative estimate of drug-likeness (QED) is 0.862. The van der Waals surface area contributed by atoms with Crippen LogP contribution in [0.3, 0.4) is 0 Å². The summed E-state index contributed by atoms with van der Waals surface area (Å²) in [6.45, 7) is 5.32. The van der Waals surface area contributed by atoms with Gasteiger partial charge < -0.3 is 5.11 Å². The van der Waals surface area contributed by atoms with Crippen LogP contribution in [0.1, 0.15) is 22.9 Å². The van der Waals surface area contributed by atoms with E-state index in [9.17, 15) is 0 Å². The van der Waals surface area contributed by atoms with Crippen molar-refractivity contribution in [3.05, 3.63) is 57.8 Å². The standard InChI is InChI=1S/C15H19NOS/c1-2-16(11-15-4-3-9-18-15)10-13-5-7-14(12-17)8-6-13/h3-9,17H,2,10-12H2,1H3. The molecule has 0 aliphatic heterocycles. The minimum absolute atomic E-state index is 0.118. The van der Waals surface area contributed by atoms with Crippen LogP contribution < -0.4 is 0 Å². The van der Waals surface area contributed by atoms with E-state index in [0.29, 0.717) is 0 Å². The van der Waals surface area contributed by atoms with Crippen molar-refractivity contribution in [2.75, 3.05) is 6.54 Å². The SMILES string of the molecule is CCN(Cc1ccc(CO)cc1)Cc1cccs1. The van der Waals surface area contributed by atoms with Crippen molar-refractivity contribution in [3.63, 3.8) is 0 Å². The van der Waals surface area contributed by atoms with Gasteiger partial charge in [-0.2, -0.15) is 0 Å². The van der Waals surface area contributed by atoms with E-state index < -0.39 is 0 Å². The Bertz CT molecular complexity index is 450. The zero-order valence-electron chi connectivity index (χ0n) is 10.7. The van der Waals surface area contributed by atoms with Crippen LogP contribution in [0.2, 0.25) is 0 Å². The minimum Gasteiger partial charge on any atom is -0.392 e. The van der Waals surface area contributed by atoms with Gasteiger partial charge in [-0.1, -0.05) is 37.3 Å². The van der Waals surface area contributed by atoms with Gasteiger partial charge in [0.2, 0.25) is 0 Å². The summed E-state index contributed by atoms with van der Waals surface area (Å²) in [5.74, 6) is 0. The van der Waals surface area contributed by atoms with Crippen molar-refractivity contribution < 1.29 is 5.11 Å². The van der Waals surface area contributed by atoms with Gasteiger partial charge in [-0.3, -0.25) is 4.90 Å². The molecule has 1 N–H and O–H groups in total. The molecule has 1 aromatic heterocycles. The Kier molecular flexibility index (Phi) is 4.93. The van der Waals surface area contributed by atoms with Gasteiger partial charge in [0.15, 0.2) is 0 Å². The van der Waals surface area contributed by atoms with Crippen molar-refractivity contribution in [2.24, 2.45) is 0 Å². The van der Waals surface area contributed by atoms with Crippen molar-refractivity contribution in [1.82, 2.24) is 4.90 Å². The van der Waals surface area contributed by atoms with E-state index in [0.717, 1.165) is 25.2 Å². The Morgan fingerprint density at radius 1 is 1.06 bits per heavy atom. The highest BCUT2D eigenvalue weighted by Gasteiger charge is 2.05. The zero-order valence-corrected chi connectivity index (χ0v) is 11.5. The monoisotopic (exact) mass is 261 g/mol. The van der Waals surface area contributed by atoms with Crippen LogP contribution in [0.15, 0.2) is 41.8 Å². The zero-order chi connectivity index (χ0) is 12.8. The number of hydrogen-bond acceptors (Lipinski definition) is 3. The van der Waals surface area contributed by atoms with Crippen LogP contribution in [-0.2, 0) is 19.7 Å². The number of nitrogens with zero attached hydrogens (tertiary/aromatic N) is 1. The fraction of sp³-hybridized carbons (Fsp3) is 0.333. The molecule has 0 spiro atoms. The molecule has 96 valence electrons. The number of aliphatic hydroxyl groups is 1. The predicted octanol–water partition coefficient (Wildman–Crippen LogP) is 3.26. The maximum Gasteiger partial charge on any atom is 0.0681 e. The van der Waals surface area contributed by atoms with Gasteiger partial charge in [-0.25, -0.2) is 0 Å². The molecule has 0 bridgehead atoms. The van der Waals surface area contributed by atoms with Gasteiger partial charge in [-0.05, 0) is 29.1 Å². The Labute approximate surface area is 113 Å². The summed E-state index contributed by atoms with van der Waals surface area (Å²) in [6, 6.07) is 12.5. The molecular formula is C15H19NOS. The lowest BCUT2D eigenvalue weighted by Gasteiger charge is -2.19. The third-order valence-electron chi connectivity index (χ3n) is 3.02. The highest BCUT2D eigenvalue weighted by Crippen LogP contribution is 2.14. The predicted molar refractivity (Wildman–Crippen MR) is 76.5 cm³/mol. The first kappa shape index (κ1) is 13.3. The Morgan fingerprint density at radius 2 is 1.78 bits per heavy atom. The first-order valence-corrected chi connectivity index (χ1v) is 7.13. The second kappa shape index (κ2) is 6.69. The molecule has 1 heterocycles. The molecule has 0 amide bonds. The molecule has 0 aliphatic rings. The van der Waals surface area contributed by atoms with E-state index >= 15 is 0 Å². The average Bonchev–Trinajstić information content (AvgIpc) is 2.91. The summed E-state index contributed by atoms with van der Waals surface area (Å²) >= 11 is 1.81. The number of benzene rings is 1. The van der Waals surface area contributed by atoms with E-state index in [1.54, 1.807) is 0 Å². The first-order chi connectivity index (χ1) is 8.81. The molecular weight excluding hydrogens is 242 g/mol. The molecule has 2 rings (SSSR count). The minimum atomic E-state index is 0.118. The van der Waals surface area contributed by atoms with E-state index in [2.05, 4.69) is 41.5 Å². The highest BCUT2D eigenvalue weighted by molar-refractivity contribution is 7.09. The summed E-state index contributed by atoms with van der Waals surface area (Å²) in [6.07, 6.45) is 0. The lowest BCUT2D eigenvalue weighted by atomic mass is 10.1. The van der Waals surface area contributed by atoms with Crippen LogP contribution >= 0.6 is 11.3 Å². The molecule has 0 unspecified atom stereocenters. The Morgan fingerprint density at radius 3 is 2.33 bits per heavy atom. The maximum absolute atomic E-state index is 9.02. The summed E-state index contributed by atoms with van der Waals surface area (Å²) in [7, 11) is 0. The molecule has 0 saturated carbocycles. The fourth-order valence-corrected chi connectivity index (χ4v) is 2.66. The van der Waals surface area contributed by atoms with Crippen molar-refractivity contribution in [2.45, 2.75) is 26.6 Å². The third kappa shape index (κ3) is 3.67. The van der Waals surface area contributed by atoms with E-state index in [1.807, 2.05) is 23.5 Å². The van der Waals surface area contributed by atoms with E-state index in [-0.39, 0.29) is 6.61 Å². The molecule has 0 atom stereocenters. The normalized spacial score (nSPS) is 11.1. The van der Waals surface area contributed by atoms with Crippen LogP contribution in [-0.4, -0.2) is 16.6 Å². The maximum atomic E-state index is 9.02. The van der Waals surface area contributed by atoms with E-state index in [4.69, 9.17) is 5.11 Å². The second-order valence-electron chi connectivity index (χ2n) is 4.36. The Balaban J connectivity index is 1.96. The van der Waals surface area contributed by atoms with Gasteiger partial charge in [0.1, 0.15) is 0 Å². The molecule has 1 aromatic carbocycles. The van der Waals surface area contributed by atoms with Crippen LogP contribution in [0, 0.1) is 0 Å². The molecule has 3 heteroatoms. The van der Waals surface area contributed by atoms with Crippen LogP contribution in [0.5, 0.6) is 0 Å². The second-order valence-corrected chi connectivity index (χ2v) is 5.39. The third-order valence-corrected chi connectivity index (χ3v) is 3.88. The molecule has 18 heavy (non-hydrogen) atoms. The first-order valence-electron chi connectivity index (χ1n) is 6.25. The summed E-state index contributed by atoms with van der Waals surface area (Å²) in [4.78, 5) is 3.82. The average molecular weight is 261 g/mol. The molecule has 2 aromatic rings.